The van der Waals surface area contributed by atoms with Crippen LogP contribution in [0.25, 0.3) is 0 Å². The largest absolute Gasteiger partial charge is 0.465 e. The van der Waals surface area contributed by atoms with Crippen LogP contribution in [0.2, 0.25) is 0 Å². The molecule has 0 saturated carbocycles. The fraction of sp³-hybridized carbons (Fsp3) is 0.714. The highest BCUT2D eigenvalue weighted by atomic mass is 16.6. The molecule has 1 atom stereocenters. The number of hydrogen-bond donors (Lipinski definition) is 2. The summed E-state index contributed by atoms with van der Waals surface area (Å²) in [6, 6.07) is 4.04. The second-order valence-corrected chi connectivity index (χ2v) is 5.37. The molecule has 2 N–H and O–H groups in total. The fourth-order valence-electron chi connectivity index (χ4n) is 2.06. The summed E-state index contributed by atoms with van der Waals surface area (Å²) >= 11 is 0. The Morgan fingerprint density at radius 1 is 1.33 bits per heavy atom. The van der Waals surface area contributed by atoms with Crippen molar-refractivity contribution in [2.24, 2.45) is 0 Å². The number of nitro groups is 1. The Hall–Kier alpha value is -1.44. The number of nitrogens with zero attached hydrogens (tertiary/aromatic N) is 2. The Kier molecular flexibility index (Phi) is 7.96. The van der Waals surface area contributed by atoms with Gasteiger partial charge in [-0.25, -0.2) is 0 Å². The number of rotatable bonds is 11. The number of likely N-dealkylation sites (N-methyl/N-ethyl adjacent to an activating group) is 1. The zero-order valence-corrected chi connectivity index (χ0v) is 13.1. The van der Waals surface area contributed by atoms with Crippen LogP contribution in [-0.4, -0.2) is 50.2 Å². The molecule has 0 bridgehead atoms. The van der Waals surface area contributed by atoms with Gasteiger partial charge < -0.3 is 9.32 Å². The maximum Gasteiger partial charge on any atom is 0.231 e. The van der Waals surface area contributed by atoms with Gasteiger partial charge in [-0.3, -0.25) is 20.7 Å². The summed E-state index contributed by atoms with van der Waals surface area (Å²) in [5, 5.41) is 16.4. The van der Waals surface area contributed by atoms with Gasteiger partial charge in [-0.1, -0.05) is 0 Å². The third-order valence-corrected chi connectivity index (χ3v) is 3.11. The Morgan fingerprint density at radius 2 is 2.05 bits per heavy atom. The van der Waals surface area contributed by atoms with Crippen LogP contribution in [0.5, 0.6) is 0 Å². The van der Waals surface area contributed by atoms with Gasteiger partial charge in [0, 0.05) is 11.3 Å². The minimum absolute atomic E-state index is 0.109. The molecule has 1 aromatic heterocycles. The van der Waals surface area contributed by atoms with E-state index in [-0.39, 0.29) is 17.6 Å². The molecule has 0 amide bonds. The highest BCUT2D eigenvalue weighted by Gasteiger charge is 2.11. The molecule has 0 radical (unpaired) electrons. The number of unbranched alkanes of at least 4 members (excludes halogenated alkanes) is 1. The molecule has 1 aromatic rings. The van der Waals surface area contributed by atoms with Crippen molar-refractivity contribution in [2.75, 3.05) is 34.2 Å². The number of furan rings is 1. The summed E-state index contributed by atoms with van der Waals surface area (Å²) in [5.41, 5.74) is 0. The van der Waals surface area contributed by atoms with Gasteiger partial charge in [-0.05, 0) is 52.7 Å². The molecule has 0 aliphatic carbocycles. The van der Waals surface area contributed by atoms with E-state index >= 15 is 0 Å². The van der Waals surface area contributed by atoms with Crippen LogP contribution in [0.3, 0.4) is 0 Å². The van der Waals surface area contributed by atoms with Crippen LogP contribution in [0.1, 0.15) is 24.4 Å². The summed E-state index contributed by atoms with van der Waals surface area (Å²) in [7, 11) is 5.74. The van der Waals surface area contributed by atoms with E-state index in [1.54, 1.807) is 7.05 Å². The van der Waals surface area contributed by atoms with E-state index in [4.69, 9.17) is 4.42 Å². The first kappa shape index (κ1) is 17.6. The van der Waals surface area contributed by atoms with E-state index in [2.05, 4.69) is 15.5 Å². The van der Waals surface area contributed by atoms with Crippen molar-refractivity contribution < 1.29 is 9.34 Å². The van der Waals surface area contributed by atoms with E-state index in [0.29, 0.717) is 0 Å². The third kappa shape index (κ3) is 7.79. The average molecular weight is 298 g/mol. The molecule has 0 fully saturated rings. The van der Waals surface area contributed by atoms with Gasteiger partial charge in [-0.2, -0.15) is 0 Å². The molecular weight excluding hydrogens is 272 g/mol. The molecule has 0 aliphatic heterocycles. The monoisotopic (exact) mass is 298 g/mol. The highest BCUT2D eigenvalue weighted by Crippen LogP contribution is 2.12. The zero-order chi connectivity index (χ0) is 15.7. The van der Waals surface area contributed by atoms with E-state index in [0.717, 1.165) is 43.9 Å². The van der Waals surface area contributed by atoms with Gasteiger partial charge in [0.25, 0.3) is 0 Å². The van der Waals surface area contributed by atoms with E-state index in [9.17, 15) is 10.1 Å². The molecule has 1 unspecified atom stereocenters. The lowest BCUT2D eigenvalue weighted by Crippen LogP contribution is -2.45. The molecule has 1 heterocycles. The minimum Gasteiger partial charge on any atom is -0.465 e. The summed E-state index contributed by atoms with van der Waals surface area (Å²) < 4.78 is 5.73. The second-order valence-electron chi connectivity index (χ2n) is 5.37. The normalized spacial score (nSPS) is 12.8. The first-order chi connectivity index (χ1) is 10.0. The zero-order valence-electron chi connectivity index (χ0n) is 13.1. The Bertz CT molecular complexity index is 420. The lowest BCUT2D eigenvalue weighted by atomic mass is 10.2. The van der Waals surface area contributed by atoms with Crippen molar-refractivity contribution in [1.29, 1.82) is 0 Å². The standard InChI is InChI=1S/C14H26N4O3/c1-15-14(11-18(19)20)16-9-5-4-6-12-7-8-13(21-12)10-17(2)3/h7-8,14-16H,4-6,9-11H2,1-3H3. The maximum atomic E-state index is 10.4. The van der Waals surface area contributed by atoms with Gasteiger partial charge in [-0.15, -0.1) is 0 Å². The summed E-state index contributed by atoms with van der Waals surface area (Å²) in [6.07, 6.45) is 2.58. The smallest absolute Gasteiger partial charge is 0.231 e. The average Bonchev–Trinajstić information content (AvgIpc) is 2.83. The van der Waals surface area contributed by atoms with Gasteiger partial charge in [0.1, 0.15) is 17.7 Å². The van der Waals surface area contributed by atoms with Crippen LogP contribution in [0.15, 0.2) is 16.5 Å². The van der Waals surface area contributed by atoms with Crippen molar-refractivity contribution >= 4 is 0 Å². The molecule has 1 rings (SSSR count). The molecule has 0 saturated heterocycles. The molecule has 120 valence electrons. The summed E-state index contributed by atoms with van der Waals surface area (Å²) in [4.78, 5) is 12.2. The van der Waals surface area contributed by atoms with Gasteiger partial charge >= 0.3 is 0 Å². The van der Waals surface area contributed by atoms with Gasteiger partial charge in [0.05, 0.1) is 6.54 Å². The van der Waals surface area contributed by atoms with Crippen molar-refractivity contribution in [1.82, 2.24) is 15.5 Å². The molecule has 0 aliphatic rings. The van der Waals surface area contributed by atoms with Crippen LogP contribution in [-0.2, 0) is 13.0 Å². The lowest BCUT2D eigenvalue weighted by Gasteiger charge is -2.13. The maximum absolute atomic E-state index is 10.4. The van der Waals surface area contributed by atoms with E-state index < -0.39 is 0 Å². The van der Waals surface area contributed by atoms with Crippen molar-refractivity contribution in [3.05, 3.63) is 33.8 Å². The molecule has 0 aromatic carbocycles. The Morgan fingerprint density at radius 3 is 2.67 bits per heavy atom. The predicted molar refractivity (Wildman–Crippen MR) is 81.7 cm³/mol. The molecular formula is C14H26N4O3. The molecule has 21 heavy (non-hydrogen) atoms. The predicted octanol–water partition coefficient (Wildman–Crippen LogP) is 1.08. The first-order valence-electron chi connectivity index (χ1n) is 7.26. The van der Waals surface area contributed by atoms with E-state index in [1.807, 2.05) is 26.2 Å². The van der Waals surface area contributed by atoms with Crippen LogP contribution in [0, 0.1) is 10.1 Å². The van der Waals surface area contributed by atoms with Crippen LogP contribution in [0.4, 0.5) is 0 Å². The Balaban J connectivity index is 2.16. The Labute approximate surface area is 125 Å². The van der Waals surface area contributed by atoms with Gasteiger partial charge in [0.2, 0.25) is 6.54 Å². The number of nitrogens with one attached hydrogen (secondary N) is 2. The fourth-order valence-corrected chi connectivity index (χ4v) is 2.06. The number of hydrogen-bond acceptors (Lipinski definition) is 6. The van der Waals surface area contributed by atoms with Crippen LogP contribution < -0.4 is 10.6 Å². The molecule has 0 spiro atoms. The lowest BCUT2D eigenvalue weighted by molar-refractivity contribution is -0.484. The second kappa shape index (κ2) is 9.49. The number of aryl methyl sites for hydroxylation is 1. The third-order valence-electron chi connectivity index (χ3n) is 3.11. The molecule has 7 heteroatoms. The van der Waals surface area contributed by atoms with Crippen molar-refractivity contribution in [3.63, 3.8) is 0 Å². The summed E-state index contributed by atoms with van der Waals surface area (Å²) in [6.45, 7) is 1.46. The SMILES string of the molecule is CNC(C[N+](=O)[O-])NCCCCc1ccc(CN(C)C)o1. The quantitative estimate of drug-likeness (QED) is 0.275. The first-order valence-corrected chi connectivity index (χ1v) is 7.26. The minimum atomic E-state index is -0.316. The van der Waals surface area contributed by atoms with Gasteiger partial charge in [0.15, 0.2) is 0 Å². The topological polar surface area (TPSA) is 83.6 Å². The van der Waals surface area contributed by atoms with Crippen LogP contribution >= 0.6 is 0 Å². The molecule has 7 nitrogen and oxygen atoms in total. The van der Waals surface area contributed by atoms with Crippen molar-refractivity contribution in [3.8, 4) is 0 Å². The summed E-state index contributed by atoms with van der Waals surface area (Å²) in [5.74, 6) is 1.98. The van der Waals surface area contributed by atoms with E-state index in [1.165, 1.54) is 0 Å². The highest BCUT2D eigenvalue weighted by molar-refractivity contribution is 5.07. The van der Waals surface area contributed by atoms with Crippen molar-refractivity contribution in [2.45, 2.75) is 32.0 Å².